The molecule has 0 fully saturated rings. The maximum absolute atomic E-state index is 11.8. The maximum atomic E-state index is 11.8. The fraction of sp³-hybridized carbons (Fsp3) is 0.308. The Balaban J connectivity index is 1.93. The standard InChI is InChI=1S/C13H16N4O3S/c1-7-8(2)21-11(10(7)12(18)19)17-13(20)16-4-3-9-14-5-6-15-9/h5-6H,3-4H2,1-2H3,(H,14,15)(H,18,19)(H2,16,17,20). The zero-order chi connectivity index (χ0) is 15.4. The lowest BCUT2D eigenvalue weighted by Crippen LogP contribution is -2.30. The van der Waals surface area contributed by atoms with E-state index in [9.17, 15) is 14.7 Å². The summed E-state index contributed by atoms with van der Waals surface area (Å²) in [5.74, 6) is -0.257. The minimum Gasteiger partial charge on any atom is -0.478 e. The molecule has 0 aromatic carbocycles. The van der Waals surface area contributed by atoms with Crippen LogP contribution in [0.5, 0.6) is 0 Å². The lowest BCUT2D eigenvalue weighted by atomic mass is 10.1. The highest BCUT2D eigenvalue weighted by Gasteiger charge is 2.20. The molecule has 0 saturated carbocycles. The van der Waals surface area contributed by atoms with Crippen LogP contribution in [0, 0.1) is 13.8 Å². The minimum atomic E-state index is -1.04. The summed E-state index contributed by atoms with van der Waals surface area (Å²) in [5, 5.41) is 14.8. The first kappa shape index (κ1) is 15.0. The zero-order valence-electron chi connectivity index (χ0n) is 11.7. The van der Waals surface area contributed by atoms with Crippen molar-refractivity contribution >= 4 is 28.3 Å². The van der Waals surface area contributed by atoms with Crippen LogP contribution in [-0.4, -0.2) is 33.6 Å². The van der Waals surface area contributed by atoms with Gasteiger partial charge in [0.2, 0.25) is 0 Å². The number of imidazole rings is 1. The number of thiophene rings is 1. The number of nitrogens with one attached hydrogen (secondary N) is 3. The highest BCUT2D eigenvalue weighted by Crippen LogP contribution is 2.32. The van der Waals surface area contributed by atoms with Crippen LogP contribution in [0.25, 0.3) is 0 Å². The van der Waals surface area contributed by atoms with Gasteiger partial charge in [-0.15, -0.1) is 11.3 Å². The number of hydrogen-bond acceptors (Lipinski definition) is 4. The average Bonchev–Trinajstić information content (AvgIpc) is 2.99. The fourth-order valence-electron chi connectivity index (χ4n) is 1.85. The number of carbonyl (C=O) groups is 2. The summed E-state index contributed by atoms with van der Waals surface area (Å²) in [5.41, 5.74) is 0.831. The van der Waals surface area contributed by atoms with Crippen LogP contribution in [0.15, 0.2) is 12.4 Å². The molecule has 112 valence electrons. The second kappa shape index (κ2) is 6.40. The molecule has 2 rings (SSSR count). The van der Waals surface area contributed by atoms with E-state index < -0.39 is 12.0 Å². The Labute approximate surface area is 125 Å². The van der Waals surface area contributed by atoms with Gasteiger partial charge in [-0.2, -0.15) is 0 Å². The number of carboxylic acids is 1. The normalized spacial score (nSPS) is 10.4. The number of anilines is 1. The highest BCUT2D eigenvalue weighted by molar-refractivity contribution is 7.16. The fourth-order valence-corrected chi connectivity index (χ4v) is 2.90. The number of urea groups is 1. The summed E-state index contributed by atoms with van der Waals surface area (Å²) in [6, 6.07) is -0.426. The number of aryl methyl sites for hydroxylation is 1. The van der Waals surface area contributed by atoms with Crippen LogP contribution in [0.2, 0.25) is 0 Å². The third-order valence-corrected chi connectivity index (χ3v) is 4.15. The molecule has 7 nitrogen and oxygen atoms in total. The van der Waals surface area contributed by atoms with Gasteiger partial charge in [0.25, 0.3) is 0 Å². The lowest BCUT2D eigenvalue weighted by Gasteiger charge is -2.06. The second-order valence-corrected chi connectivity index (χ2v) is 5.68. The van der Waals surface area contributed by atoms with Crippen molar-refractivity contribution in [3.05, 3.63) is 34.2 Å². The molecule has 0 aliphatic carbocycles. The molecule has 2 aromatic rings. The summed E-state index contributed by atoms with van der Waals surface area (Å²) in [7, 11) is 0. The first-order valence-corrected chi connectivity index (χ1v) is 7.17. The Bertz CT molecular complexity index is 649. The van der Waals surface area contributed by atoms with E-state index in [1.54, 1.807) is 19.3 Å². The topological polar surface area (TPSA) is 107 Å². The monoisotopic (exact) mass is 308 g/mol. The van der Waals surface area contributed by atoms with E-state index in [2.05, 4.69) is 20.6 Å². The molecule has 0 atom stereocenters. The van der Waals surface area contributed by atoms with Crippen LogP contribution in [0.4, 0.5) is 9.80 Å². The van der Waals surface area contributed by atoms with Gasteiger partial charge in [-0.05, 0) is 19.4 Å². The molecular formula is C13H16N4O3S. The van der Waals surface area contributed by atoms with Gasteiger partial charge in [-0.25, -0.2) is 14.6 Å². The summed E-state index contributed by atoms with van der Waals surface area (Å²) < 4.78 is 0. The Kier molecular flexibility index (Phi) is 4.59. The third kappa shape index (κ3) is 3.60. The van der Waals surface area contributed by atoms with Gasteiger partial charge in [-0.1, -0.05) is 0 Å². The number of aromatic nitrogens is 2. The number of carbonyl (C=O) groups excluding carboxylic acids is 1. The predicted octanol–water partition coefficient (Wildman–Crippen LogP) is 2.15. The van der Waals surface area contributed by atoms with E-state index >= 15 is 0 Å². The molecule has 0 radical (unpaired) electrons. The first-order valence-electron chi connectivity index (χ1n) is 6.35. The highest BCUT2D eigenvalue weighted by atomic mass is 32.1. The van der Waals surface area contributed by atoms with Crippen molar-refractivity contribution in [3.8, 4) is 0 Å². The van der Waals surface area contributed by atoms with Crippen molar-refractivity contribution in [3.63, 3.8) is 0 Å². The Morgan fingerprint density at radius 3 is 2.81 bits per heavy atom. The Morgan fingerprint density at radius 2 is 2.19 bits per heavy atom. The number of carboxylic acid groups (broad SMARTS) is 1. The number of hydrogen-bond donors (Lipinski definition) is 4. The van der Waals surface area contributed by atoms with E-state index in [4.69, 9.17) is 0 Å². The molecule has 2 heterocycles. The van der Waals surface area contributed by atoms with Crippen molar-refractivity contribution in [1.82, 2.24) is 15.3 Å². The quantitative estimate of drug-likeness (QED) is 0.679. The summed E-state index contributed by atoms with van der Waals surface area (Å²) in [6.45, 7) is 3.97. The maximum Gasteiger partial charge on any atom is 0.338 e. The van der Waals surface area contributed by atoms with E-state index in [-0.39, 0.29) is 5.56 Å². The Morgan fingerprint density at radius 1 is 1.43 bits per heavy atom. The molecule has 4 N–H and O–H groups in total. The largest absolute Gasteiger partial charge is 0.478 e. The summed E-state index contributed by atoms with van der Waals surface area (Å²) in [6.07, 6.45) is 3.94. The van der Waals surface area contributed by atoms with Crippen molar-refractivity contribution in [2.24, 2.45) is 0 Å². The van der Waals surface area contributed by atoms with Gasteiger partial charge in [0.1, 0.15) is 10.8 Å². The molecule has 0 aliphatic heterocycles. The van der Waals surface area contributed by atoms with Crippen LogP contribution < -0.4 is 10.6 Å². The molecule has 0 unspecified atom stereocenters. The number of aromatic amines is 1. The summed E-state index contributed by atoms with van der Waals surface area (Å²) in [4.78, 5) is 30.9. The van der Waals surface area contributed by atoms with E-state index in [0.29, 0.717) is 23.5 Å². The molecule has 2 amide bonds. The van der Waals surface area contributed by atoms with Gasteiger partial charge in [0.05, 0.1) is 5.56 Å². The smallest absolute Gasteiger partial charge is 0.338 e. The molecule has 8 heteroatoms. The Hall–Kier alpha value is -2.35. The number of H-pyrrole nitrogens is 1. The van der Waals surface area contributed by atoms with Gasteiger partial charge < -0.3 is 15.4 Å². The van der Waals surface area contributed by atoms with Crippen LogP contribution in [0.1, 0.15) is 26.6 Å². The molecule has 2 aromatic heterocycles. The molecule has 0 bridgehead atoms. The van der Waals surface area contributed by atoms with Crippen LogP contribution in [-0.2, 0) is 6.42 Å². The number of rotatable bonds is 5. The van der Waals surface area contributed by atoms with Crippen LogP contribution in [0.3, 0.4) is 0 Å². The van der Waals surface area contributed by atoms with Crippen molar-refractivity contribution in [2.45, 2.75) is 20.3 Å². The van der Waals surface area contributed by atoms with E-state index in [1.807, 2.05) is 6.92 Å². The molecule has 0 saturated heterocycles. The zero-order valence-corrected chi connectivity index (χ0v) is 12.5. The minimum absolute atomic E-state index is 0.152. The van der Waals surface area contributed by atoms with Gasteiger partial charge >= 0.3 is 12.0 Å². The second-order valence-electron chi connectivity index (χ2n) is 4.46. The molecule has 0 spiro atoms. The third-order valence-electron chi connectivity index (χ3n) is 3.03. The first-order chi connectivity index (χ1) is 9.99. The van der Waals surface area contributed by atoms with Crippen molar-refractivity contribution < 1.29 is 14.7 Å². The molecular weight excluding hydrogens is 292 g/mol. The number of aromatic carboxylic acids is 1. The molecule has 21 heavy (non-hydrogen) atoms. The van der Waals surface area contributed by atoms with Crippen molar-refractivity contribution in [2.75, 3.05) is 11.9 Å². The van der Waals surface area contributed by atoms with Gasteiger partial charge in [0.15, 0.2) is 0 Å². The SMILES string of the molecule is Cc1sc(NC(=O)NCCc2ncc[nH]2)c(C(=O)O)c1C. The van der Waals surface area contributed by atoms with E-state index in [1.165, 1.54) is 11.3 Å². The molecule has 0 aliphatic rings. The van der Waals surface area contributed by atoms with Gasteiger partial charge in [0, 0.05) is 30.2 Å². The average molecular weight is 308 g/mol. The van der Waals surface area contributed by atoms with Crippen LogP contribution >= 0.6 is 11.3 Å². The van der Waals surface area contributed by atoms with E-state index in [0.717, 1.165) is 10.7 Å². The van der Waals surface area contributed by atoms with Crippen molar-refractivity contribution in [1.29, 1.82) is 0 Å². The number of nitrogens with zero attached hydrogens (tertiary/aromatic N) is 1. The number of amides is 2. The lowest BCUT2D eigenvalue weighted by molar-refractivity contribution is 0.0697. The summed E-state index contributed by atoms with van der Waals surface area (Å²) >= 11 is 1.26. The predicted molar refractivity (Wildman–Crippen MR) is 80.1 cm³/mol. The van der Waals surface area contributed by atoms with Gasteiger partial charge in [-0.3, -0.25) is 5.32 Å².